The summed E-state index contributed by atoms with van der Waals surface area (Å²) in [6.07, 6.45) is 2.90. The quantitative estimate of drug-likeness (QED) is 0.723. The van der Waals surface area contributed by atoms with Gasteiger partial charge in [0.1, 0.15) is 5.82 Å². The molecule has 4 rings (SSSR count). The van der Waals surface area contributed by atoms with E-state index in [-0.39, 0.29) is 0 Å². The predicted molar refractivity (Wildman–Crippen MR) is 104 cm³/mol. The Hall–Kier alpha value is -2.31. The standard InChI is InChI=1S/C19H23ClN6/c1-2-18-21-12-16(22-18)13-25-7-9-26(10-8-25)19-11-17(23-24-19)14-3-5-15(20)6-4-14/h3-6,11-12H,2,7-10,13H2,1H3,(H,21,22)(H,23,24). The molecule has 3 heterocycles. The predicted octanol–water partition coefficient (Wildman–Crippen LogP) is 3.34. The third-order valence-electron chi connectivity index (χ3n) is 4.83. The normalized spacial score (nSPS) is 15.5. The molecule has 0 aliphatic carbocycles. The first-order chi connectivity index (χ1) is 12.7. The zero-order valence-electron chi connectivity index (χ0n) is 14.9. The summed E-state index contributed by atoms with van der Waals surface area (Å²) in [6, 6.07) is 9.92. The summed E-state index contributed by atoms with van der Waals surface area (Å²) in [7, 11) is 0. The van der Waals surface area contributed by atoms with Gasteiger partial charge in [-0.05, 0) is 17.7 Å². The molecule has 0 unspecified atom stereocenters. The van der Waals surface area contributed by atoms with Crippen molar-refractivity contribution in [3.63, 3.8) is 0 Å². The van der Waals surface area contributed by atoms with Crippen molar-refractivity contribution < 1.29 is 0 Å². The van der Waals surface area contributed by atoms with E-state index < -0.39 is 0 Å². The zero-order valence-corrected chi connectivity index (χ0v) is 15.6. The molecule has 1 saturated heterocycles. The Morgan fingerprint density at radius 3 is 2.58 bits per heavy atom. The summed E-state index contributed by atoms with van der Waals surface area (Å²) in [6.45, 7) is 7.02. The number of anilines is 1. The number of H-pyrrole nitrogens is 2. The maximum absolute atomic E-state index is 5.96. The average molecular weight is 371 g/mol. The maximum atomic E-state index is 5.96. The van der Waals surface area contributed by atoms with Gasteiger partial charge in [-0.2, -0.15) is 5.10 Å². The molecule has 2 aromatic heterocycles. The first-order valence-corrected chi connectivity index (χ1v) is 9.40. The van der Waals surface area contributed by atoms with Crippen molar-refractivity contribution in [2.45, 2.75) is 19.9 Å². The molecule has 1 fully saturated rings. The molecular weight excluding hydrogens is 348 g/mol. The molecule has 1 aliphatic heterocycles. The lowest BCUT2D eigenvalue weighted by molar-refractivity contribution is 0.247. The minimum absolute atomic E-state index is 0.743. The highest BCUT2D eigenvalue weighted by Gasteiger charge is 2.20. The monoisotopic (exact) mass is 370 g/mol. The van der Waals surface area contributed by atoms with Crippen LogP contribution in [0.3, 0.4) is 0 Å². The van der Waals surface area contributed by atoms with Gasteiger partial charge >= 0.3 is 0 Å². The molecule has 0 spiro atoms. The Kier molecular flexibility index (Phi) is 4.95. The number of benzene rings is 1. The van der Waals surface area contributed by atoms with E-state index in [9.17, 15) is 0 Å². The number of nitrogens with one attached hydrogen (secondary N) is 2. The highest BCUT2D eigenvalue weighted by molar-refractivity contribution is 6.30. The van der Waals surface area contributed by atoms with E-state index in [0.29, 0.717) is 0 Å². The topological polar surface area (TPSA) is 63.8 Å². The zero-order chi connectivity index (χ0) is 17.9. The van der Waals surface area contributed by atoms with Crippen LogP contribution < -0.4 is 4.90 Å². The number of aryl methyl sites for hydroxylation is 1. The van der Waals surface area contributed by atoms with Crippen molar-refractivity contribution in [2.24, 2.45) is 0 Å². The van der Waals surface area contributed by atoms with E-state index in [1.165, 1.54) is 5.69 Å². The van der Waals surface area contributed by atoms with Gasteiger partial charge < -0.3 is 9.88 Å². The minimum Gasteiger partial charge on any atom is -0.353 e. The number of hydrogen-bond acceptors (Lipinski definition) is 4. The number of aromatic amines is 2. The van der Waals surface area contributed by atoms with Crippen molar-refractivity contribution >= 4 is 17.4 Å². The fourth-order valence-electron chi connectivity index (χ4n) is 3.29. The largest absolute Gasteiger partial charge is 0.353 e. The second kappa shape index (κ2) is 7.51. The molecule has 2 N–H and O–H groups in total. The maximum Gasteiger partial charge on any atom is 0.151 e. The number of hydrogen-bond donors (Lipinski definition) is 2. The molecule has 0 amide bonds. The summed E-state index contributed by atoms with van der Waals surface area (Å²) in [4.78, 5) is 12.6. The van der Waals surface area contributed by atoms with E-state index in [2.05, 4.69) is 43.0 Å². The summed E-state index contributed by atoms with van der Waals surface area (Å²) < 4.78 is 0. The van der Waals surface area contributed by atoms with Crippen LogP contribution >= 0.6 is 11.6 Å². The van der Waals surface area contributed by atoms with Gasteiger partial charge in [0.05, 0.1) is 5.69 Å². The van der Waals surface area contributed by atoms with Crippen LogP contribution in [0.15, 0.2) is 36.5 Å². The first kappa shape index (κ1) is 17.1. The van der Waals surface area contributed by atoms with Gasteiger partial charge in [-0.15, -0.1) is 0 Å². The van der Waals surface area contributed by atoms with Crippen LogP contribution in [0.5, 0.6) is 0 Å². The molecule has 1 aliphatic rings. The molecule has 26 heavy (non-hydrogen) atoms. The number of halogens is 1. The van der Waals surface area contributed by atoms with Gasteiger partial charge in [0.2, 0.25) is 0 Å². The Labute approximate surface area is 158 Å². The second-order valence-electron chi connectivity index (χ2n) is 6.62. The number of piperazine rings is 1. The van der Waals surface area contributed by atoms with Crippen molar-refractivity contribution in [2.75, 3.05) is 31.1 Å². The Morgan fingerprint density at radius 2 is 1.88 bits per heavy atom. The SMILES string of the molecule is CCc1ncc(CN2CCN(c3cc(-c4ccc(Cl)cc4)[nH]n3)CC2)[nH]1. The molecule has 6 nitrogen and oxygen atoms in total. The molecule has 3 aromatic rings. The summed E-state index contributed by atoms with van der Waals surface area (Å²) >= 11 is 5.96. The Balaban J connectivity index is 1.35. The number of aromatic nitrogens is 4. The van der Waals surface area contributed by atoms with Gasteiger partial charge in [0.15, 0.2) is 5.82 Å². The van der Waals surface area contributed by atoms with Crippen molar-refractivity contribution in [3.05, 3.63) is 53.1 Å². The highest BCUT2D eigenvalue weighted by atomic mass is 35.5. The lowest BCUT2D eigenvalue weighted by Gasteiger charge is -2.34. The molecule has 0 atom stereocenters. The van der Waals surface area contributed by atoms with Crippen molar-refractivity contribution in [1.82, 2.24) is 25.1 Å². The number of nitrogens with zero attached hydrogens (tertiary/aromatic N) is 4. The lowest BCUT2D eigenvalue weighted by atomic mass is 10.1. The summed E-state index contributed by atoms with van der Waals surface area (Å²) in [5.74, 6) is 2.06. The fraction of sp³-hybridized carbons (Fsp3) is 0.368. The van der Waals surface area contributed by atoms with E-state index >= 15 is 0 Å². The lowest BCUT2D eigenvalue weighted by Crippen LogP contribution is -2.46. The fourth-order valence-corrected chi connectivity index (χ4v) is 3.42. The molecular formula is C19H23ClN6. The van der Waals surface area contributed by atoms with E-state index in [1.807, 2.05) is 30.5 Å². The Bertz CT molecular complexity index is 845. The van der Waals surface area contributed by atoms with Crippen LogP contribution in [0.4, 0.5) is 5.82 Å². The van der Waals surface area contributed by atoms with Crippen molar-refractivity contribution in [1.29, 1.82) is 0 Å². The van der Waals surface area contributed by atoms with Gasteiger partial charge in [-0.3, -0.25) is 10.00 Å². The van der Waals surface area contributed by atoms with Crippen LogP contribution in [0.2, 0.25) is 5.02 Å². The van der Waals surface area contributed by atoms with Gasteiger partial charge in [-0.1, -0.05) is 30.7 Å². The number of imidazole rings is 1. The molecule has 0 bridgehead atoms. The second-order valence-corrected chi connectivity index (χ2v) is 7.06. The number of rotatable bonds is 5. The first-order valence-electron chi connectivity index (χ1n) is 9.02. The van der Waals surface area contributed by atoms with Gasteiger partial charge in [-0.25, -0.2) is 4.98 Å². The molecule has 0 saturated carbocycles. The van der Waals surface area contributed by atoms with E-state index in [1.54, 1.807) is 0 Å². The van der Waals surface area contributed by atoms with Crippen LogP contribution in [0.25, 0.3) is 11.3 Å². The summed E-state index contributed by atoms with van der Waals surface area (Å²) in [5.41, 5.74) is 3.31. The molecule has 0 radical (unpaired) electrons. The van der Waals surface area contributed by atoms with Crippen LogP contribution in [-0.2, 0) is 13.0 Å². The van der Waals surface area contributed by atoms with Crippen LogP contribution in [0, 0.1) is 0 Å². The summed E-state index contributed by atoms with van der Waals surface area (Å²) in [5, 5.41) is 8.38. The van der Waals surface area contributed by atoms with Gasteiger partial charge in [0.25, 0.3) is 0 Å². The Morgan fingerprint density at radius 1 is 1.12 bits per heavy atom. The van der Waals surface area contributed by atoms with Crippen molar-refractivity contribution in [3.8, 4) is 11.3 Å². The van der Waals surface area contributed by atoms with Gasteiger partial charge in [0, 0.05) is 62.1 Å². The minimum atomic E-state index is 0.743. The average Bonchev–Trinajstić information content (AvgIpc) is 3.33. The van der Waals surface area contributed by atoms with Crippen LogP contribution in [-0.4, -0.2) is 51.2 Å². The highest BCUT2D eigenvalue weighted by Crippen LogP contribution is 2.24. The smallest absolute Gasteiger partial charge is 0.151 e. The third-order valence-corrected chi connectivity index (χ3v) is 5.08. The van der Waals surface area contributed by atoms with E-state index in [4.69, 9.17) is 11.6 Å². The van der Waals surface area contributed by atoms with E-state index in [0.717, 1.165) is 67.1 Å². The van der Waals surface area contributed by atoms with Crippen LogP contribution in [0.1, 0.15) is 18.4 Å². The molecule has 7 heteroatoms. The molecule has 1 aromatic carbocycles. The molecule has 136 valence electrons. The third kappa shape index (κ3) is 3.76.